The predicted octanol–water partition coefficient (Wildman–Crippen LogP) is 4.02. The molecule has 0 aliphatic heterocycles. The molecule has 0 spiro atoms. The van der Waals surface area contributed by atoms with Crippen molar-refractivity contribution in [2.45, 2.75) is 50.9 Å². The van der Waals surface area contributed by atoms with Gasteiger partial charge >= 0.3 is 12.3 Å². The van der Waals surface area contributed by atoms with Crippen LogP contribution in [0.15, 0.2) is 24.3 Å². The third kappa shape index (κ3) is 5.14. The van der Waals surface area contributed by atoms with Gasteiger partial charge in [-0.25, -0.2) is 4.79 Å². The molecule has 152 valence electrons. The van der Waals surface area contributed by atoms with Gasteiger partial charge in [-0.3, -0.25) is 0 Å². The summed E-state index contributed by atoms with van der Waals surface area (Å²) >= 11 is 0. The van der Waals surface area contributed by atoms with E-state index in [1.54, 1.807) is 19.1 Å². The van der Waals surface area contributed by atoms with Crippen LogP contribution in [-0.2, 0) is 4.74 Å². The van der Waals surface area contributed by atoms with E-state index in [-0.39, 0.29) is 30.0 Å². The Bertz CT molecular complexity index is 784. The fourth-order valence-corrected chi connectivity index (χ4v) is 3.38. The maximum absolute atomic E-state index is 12.2. The quantitative estimate of drug-likeness (QED) is 0.715. The topological polar surface area (TPSA) is 89.1 Å². The van der Waals surface area contributed by atoms with Gasteiger partial charge in [0.25, 0.3) is 0 Å². The number of anilines is 1. The fraction of sp³-hybridized carbons (Fsp3) is 0.500. The van der Waals surface area contributed by atoms with Crippen LogP contribution in [0.1, 0.15) is 54.6 Å². The van der Waals surface area contributed by atoms with Gasteiger partial charge in [0.2, 0.25) is 5.69 Å². The Morgan fingerprint density at radius 3 is 2.46 bits per heavy atom. The van der Waals surface area contributed by atoms with Gasteiger partial charge < -0.3 is 14.8 Å². The van der Waals surface area contributed by atoms with Crippen LogP contribution in [0.5, 0.6) is 5.75 Å². The zero-order chi connectivity index (χ0) is 20.1. The summed E-state index contributed by atoms with van der Waals surface area (Å²) in [5.41, 5.74) is 1.12. The smallest absolute Gasteiger partial charge is 0.461 e. The number of benzene rings is 1. The van der Waals surface area contributed by atoms with E-state index in [0.29, 0.717) is 5.82 Å². The van der Waals surface area contributed by atoms with Crippen molar-refractivity contribution in [3.63, 3.8) is 0 Å². The van der Waals surface area contributed by atoms with E-state index >= 15 is 0 Å². The highest BCUT2D eigenvalue weighted by Crippen LogP contribution is 2.35. The van der Waals surface area contributed by atoms with Crippen LogP contribution in [0.2, 0.25) is 0 Å². The van der Waals surface area contributed by atoms with Crippen LogP contribution in [0.3, 0.4) is 0 Å². The van der Waals surface area contributed by atoms with E-state index in [0.717, 1.165) is 31.2 Å². The number of nitrogens with zero attached hydrogens (tertiary/aromatic N) is 2. The summed E-state index contributed by atoms with van der Waals surface area (Å²) in [5, 5.41) is 13.5. The van der Waals surface area contributed by atoms with E-state index in [1.807, 2.05) is 0 Å². The van der Waals surface area contributed by atoms with Gasteiger partial charge in [-0.1, -0.05) is 12.1 Å². The lowest BCUT2D eigenvalue weighted by Gasteiger charge is -2.29. The van der Waals surface area contributed by atoms with Gasteiger partial charge in [-0.2, -0.15) is 5.21 Å². The summed E-state index contributed by atoms with van der Waals surface area (Å²) < 4.78 is 45.6. The number of alkyl halides is 3. The second-order valence-electron chi connectivity index (χ2n) is 6.55. The number of carbonyl (C=O) groups excluding carboxylic acids is 1. The van der Waals surface area contributed by atoms with Crippen molar-refractivity contribution in [3.8, 4) is 5.75 Å². The molecule has 7 nitrogen and oxygen atoms in total. The summed E-state index contributed by atoms with van der Waals surface area (Å²) in [6.07, 6.45) is -1.29. The molecular weight excluding hydrogens is 377 g/mol. The van der Waals surface area contributed by atoms with E-state index < -0.39 is 12.3 Å². The molecule has 0 atom stereocenters. The number of hydrogen-bond acceptors (Lipinski definition) is 6. The molecule has 1 aromatic carbocycles. The van der Waals surface area contributed by atoms with Gasteiger partial charge in [0.05, 0.1) is 6.61 Å². The largest absolute Gasteiger partial charge is 0.573 e. The Labute approximate surface area is 159 Å². The Morgan fingerprint density at radius 2 is 1.86 bits per heavy atom. The number of aromatic amines is 1. The molecule has 0 radical (unpaired) electrons. The molecule has 2 N–H and O–H groups in total. The third-order valence-electron chi connectivity index (χ3n) is 4.67. The molecule has 28 heavy (non-hydrogen) atoms. The Morgan fingerprint density at radius 1 is 1.18 bits per heavy atom. The zero-order valence-corrected chi connectivity index (χ0v) is 15.3. The summed E-state index contributed by atoms with van der Waals surface area (Å²) in [6.45, 7) is 1.97. The Kier molecular flexibility index (Phi) is 6.05. The van der Waals surface area contributed by atoms with E-state index in [1.165, 1.54) is 12.1 Å². The molecule has 0 amide bonds. The molecule has 1 aromatic heterocycles. The van der Waals surface area contributed by atoms with Crippen molar-refractivity contribution in [1.29, 1.82) is 0 Å². The lowest BCUT2D eigenvalue weighted by molar-refractivity contribution is -0.274. The van der Waals surface area contributed by atoms with E-state index in [9.17, 15) is 18.0 Å². The highest BCUT2D eigenvalue weighted by atomic mass is 19.4. The van der Waals surface area contributed by atoms with Crippen molar-refractivity contribution >= 4 is 11.8 Å². The molecule has 3 rings (SSSR count). The van der Waals surface area contributed by atoms with Crippen molar-refractivity contribution in [2.75, 3.05) is 11.9 Å². The summed E-state index contributed by atoms with van der Waals surface area (Å²) in [6, 6.07) is 6.16. The summed E-state index contributed by atoms with van der Waals surface area (Å²) in [4.78, 5) is 11.9. The second kappa shape index (κ2) is 8.49. The van der Waals surface area contributed by atoms with Crippen molar-refractivity contribution in [1.82, 2.24) is 15.4 Å². The minimum atomic E-state index is -4.69. The van der Waals surface area contributed by atoms with Gasteiger partial charge in [0.15, 0.2) is 5.82 Å². The van der Waals surface area contributed by atoms with Gasteiger partial charge in [-0.15, -0.1) is 23.4 Å². The SMILES string of the molecule is CCOC(=O)c1n[nH]nc1NC1CCC(c2ccc(OC(F)(F)F)cc2)CC1. The molecule has 0 saturated heterocycles. The number of ether oxygens (including phenoxy) is 2. The molecule has 1 heterocycles. The van der Waals surface area contributed by atoms with Crippen LogP contribution in [0, 0.1) is 0 Å². The number of H-pyrrole nitrogens is 1. The number of nitrogens with one attached hydrogen (secondary N) is 2. The molecule has 10 heteroatoms. The number of hydrogen-bond donors (Lipinski definition) is 2. The molecule has 1 fully saturated rings. The van der Waals surface area contributed by atoms with Crippen LogP contribution in [0.25, 0.3) is 0 Å². The molecule has 1 aliphatic rings. The van der Waals surface area contributed by atoms with Crippen LogP contribution in [0.4, 0.5) is 19.0 Å². The molecule has 0 bridgehead atoms. The molecule has 2 aromatic rings. The Balaban J connectivity index is 1.54. The lowest BCUT2D eigenvalue weighted by Crippen LogP contribution is -2.26. The first-order valence-electron chi connectivity index (χ1n) is 9.06. The van der Waals surface area contributed by atoms with Crippen LogP contribution >= 0.6 is 0 Å². The summed E-state index contributed by atoms with van der Waals surface area (Å²) in [7, 11) is 0. The normalized spacial score (nSPS) is 19.9. The molecule has 1 aliphatic carbocycles. The zero-order valence-electron chi connectivity index (χ0n) is 15.3. The average molecular weight is 398 g/mol. The first kappa shape index (κ1) is 20.0. The highest BCUT2D eigenvalue weighted by Gasteiger charge is 2.31. The maximum Gasteiger partial charge on any atom is 0.573 e. The second-order valence-corrected chi connectivity index (χ2v) is 6.55. The first-order chi connectivity index (χ1) is 13.4. The first-order valence-corrected chi connectivity index (χ1v) is 9.06. The number of esters is 1. The lowest BCUT2D eigenvalue weighted by atomic mass is 9.82. The van der Waals surface area contributed by atoms with Gasteiger partial charge in [0, 0.05) is 6.04 Å². The molecule has 0 unspecified atom stereocenters. The number of aromatic nitrogens is 3. The molecular formula is C18H21F3N4O3. The number of rotatable bonds is 6. The average Bonchev–Trinajstić information content (AvgIpc) is 3.10. The van der Waals surface area contributed by atoms with Gasteiger partial charge in [-0.05, 0) is 56.2 Å². The van der Waals surface area contributed by atoms with Crippen molar-refractivity contribution < 1.29 is 27.4 Å². The number of carbonyl (C=O) groups is 1. The highest BCUT2D eigenvalue weighted by molar-refractivity contribution is 5.92. The van der Waals surface area contributed by atoms with E-state index in [2.05, 4.69) is 25.5 Å². The van der Waals surface area contributed by atoms with Crippen molar-refractivity contribution in [3.05, 3.63) is 35.5 Å². The predicted molar refractivity (Wildman–Crippen MR) is 94.1 cm³/mol. The fourth-order valence-electron chi connectivity index (χ4n) is 3.38. The Hall–Kier alpha value is -2.78. The number of halogens is 3. The van der Waals surface area contributed by atoms with Gasteiger partial charge in [0.1, 0.15) is 5.75 Å². The minimum absolute atomic E-state index is 0.127. The standard InChI is InChI=1S/C18H21F3N4O3/c1-2-27-17(26)15-16(24-25-23-15)22-13-7-3-11(4-8-13)12-5-9-14(10-6-12)28-18(19,20)21/h5-6,9-11,13H,2-4,7-8H2,1H3,(H2,22,23,24,25). The van der Waals surface area contributed by atoms with Crippen molar-refractivity contribution in [2.24, 2.45) is 0 Å². The van der Waals surface area contributed by atoms with Crippen LogP contribution < -0.4 is 10.1 Å². The maximum atomic E-state index is 12.2. The third-order valence-corrected chi connectivity index (χ3v) is 4.67. The van der Waals surface area contributed by atoms with E-state index in [4.69, 9.17) is 4.74 Å². The summed E-state index contributed by atoms with van der Waals surface area (Å²) in [5.74, 6) is -0.117. The minimum Gasteiger partial charge on any atom is -0.461 e. The van der Waals surface area contributed by atoms with Crippen LogP contribution in [-0.4, -0.2) is 40.4 Å². The monoisotopic (exact) mass is 398 g/mol. The molecule has 1 saturated carbocycles.